The van der Waals surface area contributed by atoms with E-state index in [1.165, 1.54) is 0 Å². The van der Waals surface area contributed by atoms with Crippen molar-refractivity contribution < 1.29 is 14.4 Å². The molecule has 1 aromatic carbocycles. The average Bonchev–Trinajstić information content (AvgIpc) is 2.78. The molecule has 1 aromatic rings. The first kappa shape index (κ1) is 14.6. The highest BCUT2D eigenvalue weighted by molar-refractivity contribution is 6.06. The predicted molar refractivity (Wildman–Crippen MR) is 81.5 cm³/mol. The van der Waals surface area contributed by atoms with Crippen LogP contribution in [0.1, 0.15) is 39.9 Å². The van der Waals surface area contributed by atoms with Gasteiger partial charge in [-0.05, 0) is 37.5 Å². The molecule has 116 valence electrons. The average molecular weight is 301 g/mol. The van der Waals surface area contributed by atoms with Crippen LogP contribution in [0.5, 0.6) is 0 Å². The minimum absolute atomic E-state index is 0.135. The van der Waals surface area contributed by atoms with E-state index in [4.69, 9.17) is 0 Å². The quantitative estimate of drug-likeness (QED) is 0.802. The van der Waals surface area contributed by atoms with Crippen molar-refractivity contribution in [1.82, 2.24) is 10.2 Å². The Kier molecular flexibility index (Phi) is 3.39. The van der Waals surface area contributed by atoms with Crippen LogP contribution in [0.3, 0.4) is 0 Å². The zero-order chi connectivity index (χ0) is 16.0. The van der Waals surface area contributed by atoms with Crippen LogP contribution in [0.15, 0.2) is 6.07 Å². The van der Waals surface area contributed by atoms with E-state index >= 15 is 0 Å². The van der Waals surface area contributed by atoms with Crippen LogP contribution in [0.25, 0.3) is 0 Å². The molecular formula is C16H19N3O3. The lowest BCUT2D eigenvalue weighted by molar-refractivity contribution is -0.136. The first-order chi connectivity index (χ1) is 10.4. The van der Waals surface area contributed by atoms with Crippen LogP contribution >= 0.6 is 0 Å². The molecule has 0 bridgehead atoms. The summed E-state index contributed by atoms with van der Waals surface area (Å²) in [5.41, 5.74) is 4.69. The van der Waals surface area contributed by atoms with Crippen molar-refractivity contribution in [3.05, 3.63) is 28.3 Å². The van der Waals surface area contributed by atoms with Crippen molar-refractivity contribution in [3.8, 4) is 0 Å². The molecule has 1 fully saturated rings. The molecule has 0 aliphatic carbocycles. The maximum absolute atomic E-state index is 12.7. The Bertz CT molecular complexity index is 696. The fourth-order valence-corrected chi connectivity index (χ4v) is 3.29. The van der Waals surface area contributed by atoms with Gasteiger partial charge in [0, 0.05) is 36.8 Å². The van der Waals surface area contributed by atoms with Gasteiger partial charge in [-0.3, -0.25) is 19.7 Å². The van der Waals surface area contributed by atoms with Gasteiger partial charge in [-0.1, -0.05) is 0 Å². The Balaban J connectivity index is 1.98. The molecule has 3 rings (SSSR count). The Morgan fingerprint density at radius 1 is 1.27 bits per heavy atom. The van der Waals surface area contributed by atoms with Crippen molar-refractivity contribution in [2.24, 2.45) is 0 Å². The van der Waals surface area contributed by atoms with Crippen LogP contribution in [0, 0.1) is 13.8 Å². The maximum Gasteiger partial charge on any atom is 0.255 e. The summed E-state index contributed by atoms with van der Waals surface area (Å²) in [6, 6.07) is 1.32. The SMILES string of the molecule is CNc1c(C)c(C)cc2c1CN(C1CCC(=O)NC1=O)C2=O. The van der Waals surface area contributed by atoms with Crippen LogP contribution in [0.2, 0.25) is 0 Å². The fourth-order valence-electron chi connectivity index (χ4n) is 3.29. The van der Waals surface area contributed by atoms with Gasteiger partial charge in [-0.2, -0.15) is 0 Å². The van der Waals surface area contributed by atoms with Gasteiger partial charge < -0.3 is 10.2 Å². The van der Waals surface area contributed by atoms with Crippen LogP contribution in [-0.2, 0) is 16.1 Å². The number of carbonyl (C=O) groups is 3. The Morgan fingerprint density at radius 2 is 2.00 bits per heavy atom. The Labute approximate surface area is 128 Å². The zero-order valence-electron chi connectivity index (χ0n) is 12.9. The molecule has 2 N–H and O–H groups in total. The lowest BCUT2D eigenvalue weighted by Crippen LogP contribution is -2.52. The van der Waals surface area contributed by atoms with E-state index in [1.54, 1.807) is 4.90 Å². The third-order valence-corrected chi connectivity index (χ3v) is 4.61. The highest BCUT2D eigenvalue weighted by Crippen LogP contribution is 2.35. The maximum atomic E-state index is 12.7. The van der Waals surface area contributed by atoms with Gasteiger partial charge in [-0.25, -0.2) is 0 Å². The minimum atomic E-state index is -0.567. The molecule has 3 amide bonds. The summed E-state index contributed by atoms with van der Waals surface area (Å²) in [4.78, 5) is 37.6. The molecule has 2 aliphatic heterocycles. The van der Waals surface area contributed by atoms with Crippen molar-refractivity contribution in [2.45, 2.75) is 39.3 Å². The number of nitrogens with zero attached hydrogens (tertiary/aromatic N) is 1. The van der Waals surface area contributed by atoms with E-state index in [0.29, 0.717) is 18.5 Å². The minimum Gasteiger partial charge on any atom is -0.388 e. The summed E-state index contributed by atoms with van der Waals surface area (Å²) in [5, 5.41) is 5.48. The van der Waals surface area contributed by atoms with E-state index in [2.05, 4.69) is 10.6 Å². The molecular weight excluding hydrogens is 282 g/mol. The predicted octanol–water partition coefficient (Wildman–Crippen LogP) is 1.11. The molecule has 1 unspecified atom stereocenters. The van der Waals surface area contributed by atoms with E-state index in [1.807, 2.05) is 27.0 Å². The van der Waals surface area contributed by atoms with Gasteiger partial charge in [0.2, 0.25) is 11.8 Å². The lowest BCUT2D eigenvalue weighted by Gasteiger charge is -2.29. The second-order valence-electron chi connectivity index (χ2n) is 5.87. The van der Waals surface area contributed by atoms with Crippen molar-refractivity contribution >= 4 is 23.4 Å². The van der Waals surface area contributed by atoms with Gasteiger partial charge in [0.15, 0.2) is 0 Å². The molecule has 2 heterocycles. The van der Waals surface area contributed by atoms with E-state index < -0.39 is 6.04 Å². The molecule has 1 atom stereocenters. The van der Waals surface area contributed by atoms with Gasteiger partial charge in [0.05, 0.1) is 0 Å². The van der Waals surface area contributed by atoms with E-state index in [9.17, 15) is 14.4 Å². The number of amides is 3. The fraction of sp³-hybridized carbons (Fsp3) is 0.438. The first-order valence-electron chi connectivity index (χ1n) is 7.39. The highest BCUT2D eigenvalue weighted by atomic mass is 16.2. The lowest BCUT2D eigenvalue weighted by atomic mass is 9.98. The van der Waals surface area contributed by atoms with Gasteiger partial charge in [-0.15, -0.1) is 0 Å². The number of carbonyl (C=O) groups excluding carboxylic acids is 3. The molecule has 22 heavy (non-hydrogen) atoms. The number of fused-ring (bicyclic) bond motifs is 1. The van der Waals surface area contributed by atoms with Gasteiger partial charge in [0.25, 0.3) is 5.91 Å². The standard InChI is InChI=1S/C16H19N3O3/c1-8-6-10-11(14(17-3)9(8)2)7-19(16(10)22)12-4-5-13(20)18-15(12)21/h6,12,17H,4-5,7H2,1-3H3,(H,18,20,21). The molecule has 6 nitrogen and oxygen atoms in total. The number of hydrogen-bond donors (Lipinski definition) is 2. The third-order valence-electron chi connectivity index (χ3n) is 4.61. The molecule has 0 spiro atoms. The summed E-state index contributed by atoms with van der Waals surface area (Å²) in [6.45, 7) is 4.39. The molecule has 0 saturated carbocycles. The van der Waals surface area contributed by atoms with Gasteiger partial charge >= 0.3 is 0 Å². The van der Waals surface area contributed by atoms with E-state index in [-0.39, 0.29) is 24.1 Å². The summed E-state index contributed by atoms with van der Waals surface area (Å²) in [5.74, 6) is -0.783. The largest absolute Gasteiger partial charge is 0.388 e. The number of benzene rings is 1. The number of hydrogen-bond acceptors (Lipinski definition) is 4. The third kappa shape index (κ3) is 2.06. The second-order valence-corrected chi connectivity index (χ2v) is 5.87. The normalized spacial score (nSPS) is 21.0. The first-order valence-corrected chi connectivity index (χ1v) is 7.39. The van der Waals surface area contributed by atoms with Crippen LogP contribution < -0.4 is 10.6 Å². The molecule has 0 aromatic heterocycles. The summed E-state index contributed by atoms with van der Waals surface area (Å²) in [6.07, 6.45) is 0.657. The molecule has 1 saturated heterocycles. The van der Waals surface area contributed by atoms with Crippen LogP contribution in [-0.4, -0.2) is 35.7 Å². The van der Waals surface area contributed by atoms with E-state index in [0.717, 1.165) is 22.4 Å². The number of nitrogens with one attached hydrogen (secondary N) is 2. The topological polar surface area (TPSA) is 78.5 Å². The number of rotatable bonds is 2. The highest BCUT2D eigenvalue weighted by Gasteiger charge is 2.40. The van der Waals surface area contributed by atoms with Crippen molar-refractivity contribution in [2.75, 3.05) is 12.4 Å². The van der Waals surface area contributed by atoms with Crippen molar-refractivity contribution in [3.63, 3.8) is 0 Å². The summed E-state index contributed by atoms with van der Waals surface area (Å²) in [7, 11) is 1.83. The number of anilines is 1. The molecule has 0 radical (unpaired) electrons. The summed E-state index contributed by atoms with van der Waals surface area (Å²) >= 11 is 0. The number of aryl methyl sites for hydroxylation is 1. The number of piperidine rings is 1. The second kappa shape index (κ2) is 5.12. The van der Waals surface area contributed by atoms with Crippen molar-refractivity contribution in [1.29, 1.82) is 0 Å². The monoisotopic (exact) mass is 301 g/mol. The smallest absolute Gasteiger partial charge is 0.255 e. The molecule has 2 aliphatic rings. The summed E-state index contributed by atoms with van der Waals surface area (Å²) < 4.78 is 0. The number of imide groups is 1. The van der Waals surface area contributed by atoms with Gasteiger partial charge in [0.1, 0.15) is 6.04 Å². The zero-order valence-corrected chi connectivity index (χ0v) is 12.9. The molecule has 6 heteroatoms. The Hall–Kier alpha value is -2.37. The Morgan fingerprint density at radius 3 is 2.64 bits per heavy atom. The van der Waals surface area contributed by atoms with Crippen LogP contribution in [0.4, 0.5) is 5.69 Å².